The molecule has 3 saturated carbocycles. The zero-order valence-corrected chi connectivity index (χ0v) is 32.5. The smallest absolute Gasteiger partial charge is 0.444 e. The molecule has 4 fully saturated rings. The maximum atomic E-state index is 15.5. The zero-order valence-electron chi connectivity index (χ0n) is 32.5. The van der Waals surface area contributed by atoms with E-state index >= 15 is 8.78 Å². The summed E-state index contributed by atoms with van der Waals surface area (Å²) in [5, 5.41) is 26.8. The lowest BCUT2D eigenvalue weighted by Crippen LogP contribution is -2.65. The minimum Gasteiger partial charge on any atom is -0.444 e. The molecule has 12 heteroatoms. The molecule has 5 aliphatic rings. The number of aliphatic hydroxyl groups is 2. The summed E-state index contributed by atoms with van der Waals surface area (Å²) in [5.74, 6) is -8.01. The van der Waals surface area contributed by atoms with Crippen molar-refractivity contribution in [2.45, 2.75) is 140 Å². The summed E-state index contributed by atoms with van der Waals surface area (Å²) in [6.07, 6.45) is -5.68. The number of halogens is 5. The number of alkyl halides is 5. The number of rotatable bonds is 5. The summed E-state index contributed by atoms with van der Waals surface area (Å²) >= 11 is 0. The summed E-state index contributed by atoms with van der Waals surface area (Å²) in [6.45, 7) is 12.6. The molecule has 3 N–H and O–H groups in total. The summed E-state index contributed by atoms with van der Waals surface area (Å²) in [6, 6.07) is 14.5. The van der Waals surface area contributed by atoms with Crippen molar-refractivity contribution in [1.29, 1.82) is 0 Å². The van der Waals surface area contributed by atoms with Crippen LogP contribution in [0.4, 0.5) is 32.4 Å². The van der Waals surface area contributed by atoms with Crippen molar-refractivity contribution >= 4 is 11.8 Å². The molecule has 6 atom stereocenters. The third-order valence-electron chi connectivity index (χ3n) is 13.6. The second kappa shape index (κ2) is 13.2. The maximum Gasteiger partial charge on any atom is 0.456 e. The summed E-state index contributed by atoms with van der Waals surface area (Å²) in [7, 11) is 0. The van der Waals surface area contributed by atoms with Crippen molar-refractivity contribution in [3.8, 4) is 0 Å². The highest BCUT2D eigenvalue weighted by molar-refractivity contribution is 5.84. The number of carbonyl (C=O) groups excluding carboxylic acids is 1. The minimum absolute atomic E-state index is 0.00951. The van der Waals surface area contributed by atoms with E-state index < -0.39 is 64.8 Å². The largest absolute Gasteiger partial charge is 0.456 e. The quantitative estimate of drug-likeness (QED) is 0.207. The number of carbonyl (C=O) groups is 1. The molecule has 1 aliphatic heterocycles. The van der Waals surface area contributed by atoms with E-state index in [0.717, 1.165) is 16.7 Å². The van der Waals surface area contributed by atoms with Crippen LogP contribution >= 0.6 is 0 Å². The Labute approximate surface area is 320 Å². The molecule has 2 aromatic rings. The van der Waals surface area contributed by atoms with E-state index in [2.05, 4.69) is 26.1 Å². The SMILES string of the molecule is CC1(C)COC2(CCC3=C4C(CCC3(O)C2)C2CC[C@@](O)(C(F)(F)C(F)(F)F)[C@@]2(C)C[C@@H]4c2ccc(COC(=O)Nc3ccc(C(C)(C)C)cc3)cc2)OC1. The number of amides is 1. The first-order valence-electron chi connectivity index (χ1n) is 19.5. The van der Waals surface area contributed by atoms with Crippen LogP contribution in [0.15, 0.2) is 59.7 Å². The molecule has 1 heterocycles. The van der Waals surface area contributed by atoms with Crippen LogP contribution in [0.2, 0.25) is 0 Å². The fourth-order valence-electron chi connectivity index (χ4n) is 10.5. The van der Waals surface area contributed by atoms with Gasteiger partial charge in [-0.1, -0.05) is 83.5 Å². The molecule has 0 aromatic heterocycles. The number of fused-ring (bicyclic) bond motifs is 4. The molecule has 3 unspecified atom stereocenters. The molecule has 55 heavy (non-hydrogen) atoms. The first kappa shape index (κ1) is 40.1. The number of ether oxygens (including phenoxy) is 3. The average Bonchev–Trinajstić information content (AvgIpc) is 3.38. The lowest BCUT2D eigenvalue weighted by Gasteiger charge is -2.59. The molecular weight excluding hydrogens is 721 g/mol. The molecule has 1 spiro atoms. The standard InChI is InChI=1S/C43H54F5NO6/c1-36(2,3)28-11-13-29(14-12-28)49-35(50)53-22-26-7-9-27(10-8-26)31-21-38(6)32(17-20-41(38,52)42(44,45)43(46,47)48)30-15-18-39(51)23-40(19-16-33(39)34(30)31)54-24-37(4,5)25-55-40/h7-14,30-32,51-52H,15-25H2,1-6H3,(H,49,50)/t30?,31-,32?,38+,39?,41+/m1/s1. The normalized spacial score (nSPS) is 33.1. The molecule has 0 radical (unpaired) electrons. The Morgan fingerprint density at radius 3 is 2.13 bits per heavy atom. The molecule has 7 rings (SSSR count). The zero-order chi connectivity index (χ0) is 40.0. The van der Waals surface area contributed by atoms with E-state index in [9.17, 15) is 28.2 Å². The Hall–Kier alpha value is -3.06. The van der Waals surface area contributed by atoms with Gasteiger partial charge in [0, 0.05) is 35.3 Å². The fraction of sp³-hybridized carbons (Fsp3) is 0.651. The Morgan fingerprint density at radius 1 is 0.891 bits per heavy atom. The van der Waals surface area contributed by atoms with Crippen LogP contribution in [0.5, 0.6) is 0 Å². The van der Waals surface area contributed by atoms with E-state index in [0.29, 0.717) is 49.3 Å². The van der Waals surface area contributed by atoms with Crippen LogP contribution in [0.3, 0.4) is 0 Å². The predicted octanol–water partition coefficient (Wildman–Crippen LogP) is 9.96. The van der Waals surface area contributed by atoms with Crippen LogP contribution in [0, 0.1) is 22.7 Å². The van der Waals surface area contributed by atoms with E-state index in [1.54, 1.807) is 36.4 Å². The number of hydrogen-bond acceptors (Lipinski definition) is 6. The highest BCUT2D eigenvalue weighted by atomic mass is 19.4. The molecule has 302 valence electrons. The van der Waals surface area contributed by atoms with Gasteiger partial charge in [-0.25, -0.2) is 4.79 Å². The van der Waals surface area contributed by atoms with Crippen LogP contribution in [0.25, 0.3) is 0 Å². The van der Waals surface area contributed by atoms with Gasteiger partial charge in [0.2, 0.25) is 0 Å². The van der Waals surface area contributed by atoms with Crippen molar-refractivity contribution in [2.24, 2.45) is 22.7 Å². The monoisotopic (exact) mass is 775 g/mol. The molecule has 4 aliphatic carbocycles. The Bertz CT molecular complexity index is 1810. The number of anilines is 1. The van der Waals surface area contributed by atoms with Crippen molar-refractivity contribution in [2.75, 3.05) is 18.5 Å². The third-order valence-corrected chi connectivity index (χ3v) is 13.6. The summed E-state index contributed by atoms with van der Waals surface area (Å²) in [4.78, 5) is 12.7. The lowest BCUT2D eigenvalue weighted by molar-refractivity contribution is -0.362. The molecular formula is C43H54F5NO6. The highest BCUT2D eigenvalue weighted by Crippen LogP contribution is 2.71. The van der Waals surface area contributed by atoms with Crippen LogP contribution in [0.1, 0.15) is 116 Å². The van der Waals surface area contributed by atoms with Crippen molar-refractivity contribution < 1.29 is 51.2 Å². The van der Waals surface area contributed by atoms with Crippen molar-refractivity contribution in [1.82, 2.24) is 0 Å². The van der Waals surface area contributed by atoms with Gasteiger partial charge in [0.05, 0.1) is 18.8 Å². The lowest BCUT2D eigenvalue weighted by atomic mass is 9.49. The van der Waals surface area contributed by atoms with Crippen molar-refractivity contribution in [3.63, 3.8) is 0 Å². The van der Waals surface area contributed by atoms with Gasteiger partial charge in [-0.3, -0.25) is 5.32 Å². The van der Waals surface area contributed by atoms with Crippen molar-refractivity contribution in [3.05, 3.63) is 76.4 Å². The third kappa shape index (κ3) is 6.80. The van der Waals surface area contributed by atoms with E-state index in [-0.39, 0.29) is 43.1 Å². The van der Waals surface area contributed by atoms with Gasteiger partial charge in [-0.2, -0.15) is 22.0 Å². The molecule has 1 saturated heterocycles. The number of nitrogens with one attached hydrogen (secondary N) is 1. The molecule has 2 aromatic carbocycles. The van der Waals surface area contributed by atoms with Gasteiger partial charge in [-0.05, 0) is 90.2 Å². The molecule has 7 nitrogen and oxygen atoms in total. The maximum absolute atomic E-state index is 15.5. The fourth-order valence-corrected chi connectivity index (χ4v) is 10.5. The second-order valence-electron chi connectivity index (χ2n) is 19.0. The topological polar surface area (TPSA) is 97.3 Å². The number of allylic oxidation sites excluding steroid dienone is 1. The minimum atomic E-state index is -5.93. The first-order valence-corrected chi connectivity index (χ1v) is 19.5. The Balaban J connectivity index is 1.18. The van der Waals surface area contributed by atoms with Gasteiger partial charge in [-0.15, -0.1) is 0 Å². The average molecular weight is 776 g/mol. The Kier molecular flexibility index (Phi) is 9.67. The van der Waals surface area contributed by atoms with Gasteiger partial charge in [0.15, 0.2) is 5.79 Å². The van der Waals surface area contributed by atoms with Gasteiger partial charge in [0.25, 0.3) is 0 Å². The Morgan fingerprint density at radius 2 is 1.53 bits per heavy atom. The van der Waals surface area contributed by atoms with Gasteiger partial charge < -0.3 is 24.4 Å². The van der Waals surface area contributed by atoms with Gasteiger partial charge in [0.1, 0.15) is 12.2 Å². The molecule has 1 amide bonds. The second-order valence-corrected chi connectivity index (χ2v) is 19.0. The number of hydrogen-bond donors (Lipinski definition) is 3. The van der Waals surface area contributed by atoms with Crippen LogP contribution in [-0.2, 0) is 26.2 Å². The predicted molar refractivity (Wildman–Crippen MR) is 196 cm³/mol. The van der Waals surface area contributed by atoms with E-state index in [1.807, 2.05) is 26.0 Å². The van der Waals surface area contributed by atoms with Crippen LogP contribution < -0.4 is 5.32 Å². The number of benzene rings is 2. The first-order chi connectivity index (χ1) is 25.4. The molecule has 0 bridgehead atoms. The van der Waals surface area contributed by atoms with Crippen LogP contribution in [-0.4, -0.2) is 58.6 Å². The van der Waals surface area contributed by atoms with Gasteiger partial charge >= 0.3 is 18.2 Å². The summed E-state index contributed by atoms with van der Waals surface area (Å²) < 4.78 is 91.2. The van der Waals surface area contributed by atoms with E-state index in [4.69, 9.17) is 14.2 Å². The summed E-state index contributed by atoms with van der Waals surface area (Å²) in [5.41, 5.74) is -1.96. The van der Waals surface area contributed by atoms with E-state index in [1.165, 1.54) is 6.92 Å². The highest BCUT2D eigenvalue weighted by Gasteiger charge is 2.79.